The van der Waals surface area contributed by atoms with E-state index < -0.39 is 12.0 Å². The number of hydrogen-bond donors (Lipinski definition) is 3. The van der Waals surface area contributed by atoms with Gasteiger partial charge in [-0.05, 0) is 24.8 Å². The SMILES string of the molecule is COC(=O)c1c(NC(=O)NCCO)sc2c1CCC2. The van der Waals surface area contributed by atoms with Gasteiger partial charge in [0.25, 0.3) is 0 Å². The number of carbonyl (C=O) groups is 2. The molecule has 0 aliphatic heterocycles. The summed E-state index contributed by atoms with van der Waals surface area (Å²) in [7, 11) is 1.33. The topological polar surface area (TPSA) is 87.7 Å². The number of anilines is 1. The molecule has 0 spiro atoms. The van der Waals surface area contributed by atoms with Gasteiger partial charge in [-0.25, -0.2) is 9.59 Å². The highest BCUT2D eigenvalue weighted by Crippen LogP contribution is 2.39. The van der Waals surface area contributed by atoms with Crippen molar-refractivity contribution >= 4 is 28.3 Å². The molecule has 1 aromatic heterocycles. The minimum Gasteiger partial charge on any atom is -0.465 e. The molecule has 6 nitrogen and oxygen atoms in total. The van der Waals surface area contributed by atoms with Crippen molar-refractivity contribution in [2.75, 3.05) is 25.6 Å². The molecule has 2 rings (SSSR count). The molecule has 1 aliphatic carbocycles. The van der Waals surface area contributed by atoms with Crippen LogP contribution in [0.4, 0.5) is 9.80 Å². The second-order valence-corrected chi connectivity index (χ2v) is 5.26. The van der Waals surface area contributed by atoms with Crippen molar-refractivity contribution in [3.8, 4) is 0 Å². The first-order chi connectivity index (χ1) is 9.17. The molecule has 0 fully saturated rings. The Morgan fingerprint density at radius 1 is 1.42 bits per heavy atom. The Balaban J connectivity index is 2.20. The van der Waals surface area contributed by atoms with E-state index in [0.717, 1.165) is 29.7 Å². The fourth-order valence-corrected chi connectivity index (χ4v) is 3.40. The Bertz CT molecular complexity index is 498. The molecule has 0 saturated heterocycles. The van der Waals surface area contributed by atoms with Gasteiger partial charge in [0.15, 0.2) is 0 Å². The molecule has 0 bridgehead atoms. The number of aliphatic hydroxyl groups is 1. The maximum Gasteiger partial charge on any atom is 0.341 e. The Morgan fingerprint density at radius 3 is 2.89 bits per heavy atom. The third-order valence-electron chi connectivity index (χ3n) is 2.94. The van der Waals surface area contributed by atoms with Crippen LogP contribution < -0.4 is 10.6 Å². The maximum atomic E-state index is 11.8. The van der Waals surface area contributed by atoms with Gasteiger partial charge in [-0.15, -0.1) is 11.3 Å². The molecular formula is C12H16N2O4S. The third kappa shape index (κ3) is 2.87. The first-order valence-corrected chi connectivity index (χ1v) is 6.87. The number of nitrogens with one attached hydrogen (secondary N) is 2. The predicted molar refractivity (Wildman–Crippen MR) is 71.8 cm³/mol. The number of rotatable bonds is 4. The average Bonchev–Trinajstić information content (AvgIpc) is 2.95. The van der Waals surface area contributed by atoms with E-state index in [-0.39, 0.29) is 13.2 Å². The molecule has 0 unspecified atom stereocenters. The smallest absolute Gasteiger partial charge is 0.341 e. The first kappa shape index (κ1) is 13.8. The van der Waals surface area contributed by atoms with Crippen molar-refractivity contribution in [3.05, 3.63) is 16.0 Å². The van der Waals surface area contributed by atoms with E-state index in [1.807, 2.05) is 0 Å². The number of ether oxygens (including phenoxy) is 1. The zero-order valence-electron chi connectivity index (χ0n) is 10.6. The monoisotopic (exact) mass is 284 g/mol. The number of amides is 2. The minimum absolute atomic E-state index is 0.127. The van der Waals surface area contributed by atoms with Gasteiger partial charge in [0.1, 0.15) is 5.00 Å². The number of esters is 1. The molecule has 1 aromatic rings. The number of aliphatic hydroxyl groups excluding tert-OH is 1. The zero-order chi connectivity index (χ0) is 13.8. The van der Waals surface area contributed by atoms with E-state index >= 15 is 0 Å². The highest BCUT2D eigenvalue weighted by molar-refractivity contribution is 7.17. The number of urea groups is 1. The molecule has 2 amide bonds. The summed E-state index contributed by atoms with van der Waals surface area (Å²) in [5.41, 5.74) is 1.47. The van der Waals surface area contributed by atoms with Crippen LogP contribution in [0.25, 0.3) is 0 Å². The van der Waals surface area contributed by atoms with Crippen LogP contribution in [0.1, 0.15) is 27.2 Å². The fourth-order valence-electron chi connectivity index (χ4n) is 2.13. The summed E-state index contributed by atoms with van der Waals surface area (Å²) >= 11 is 1.42. The van der Waals surface area contributed by atoms with Crippen molar-refractivity contribution in [3.63, 3.8) is 0 Å². The molecule has 7 heteroatoms. The molecule has 19 heavy (non-hydrogen) atoms. The highest BCUT2D eigenvalue weighted by Gasteiger charge is 2.27. The van der Waals surface area contributed by atoms with Crippen LogP contribution in [0.15, 0.2) is 0 Å². The van der Waals surface area contributed by atoms with Gasteiger partial charge in [0.2, 0.25) is 0 Å². The van der Waals surface area contributed by atoms with E-state index in [0.29, 0.717) is 10.6 Å². The van der Waals surface area contributed by atoms with Gasteiger partial charge in [0, 0.05) is 11.4 Å². The lowest BCUT2D eigenvalue weighted by Crippen LogP contribution is -2.31. The van der Waals surface area contributed by atoms with E-state index in [1.165, 1.54) is 18.4 Å². The van der Waals surface area contributed by atoms with Gasteiger partial charge in [0.05, 0.1) is 19.3 Å². The van der Waals surface area contributed by atoms with Gasteiger partial charge >= 0.3 is 12.0 Å². The fraction of sp³-hybridized carbons (Fsp3) is 0.500. The van der Waals surface area contributed by atoms with Crippen molar-refractivity contribution in [2.24, 2.45) is 0 Å². The lowest BCUT2D eigenvalue weighted by Gasteiger charge is -2.07. The average molecular weight is 284 g/mol. The number of thiophene rings is 1. The predicted octanol–water partition coefficient (Wildman–Crippen LogP) is 1.14. The molecule has 0 aromatic carbocycles. The Hall–Kier alpha value is -1.60. The Morgan fingerprint density at radius 2 is 2.21 bits per heavy atom. The molecule has 3 N–H and O–H groups in total. The molecule has 1 heterocycles. The summed E-state index contributed by atoms with van der Waals surface area (Å²) in [6, 6.07) is -0.431. The number of hydrogen-bond acceptors (Lipinski definition) is 5. The van der Waals surface area contributed by atoms with Crippen LogP contribution in [0.5, 0.6) is 0 Å². The second-order valence-electron chi connectivity index (χ2n) is 4.16. The molecule has 104 valence electrons. The molecular weight excluding hydrogens is 268 g/mol. The van der Waals surface area contributed by atoms with E-state index in [2.05, 4.69) is 10.6 Å². The molecule has 0 saturated carbocycles. The molecule has 0 atom stereocenters. The minimum atomic E-state index is -0.431. The Labute approximate surface area is 114 Å². The molecule has 0 radical (unpaired) electrons. The standard InChI is InChI=1S/C12H16N2O4S/c1-18-11(16)9-7-3-2-4-8(7)19-10(9)14-12(17)13-5-6-15/h15H,2-6H2,1H3,(H2,13,14,17). The largest absolute Gasteiger partial charge is 0.465 e. The van der Waals surface area contributed by atoms with Crippen LogP contribution in [-0.2, 0) is 17.6 Å². The van der Waals surface area contributed by atoms with Gasteiger partial charge in [-0.2, -0.15) is 0 Å². The Kier molecular flexibility index (Phi) is 4.39. The van der Waals surface area contributed by atoms with E-state index in [1.54, 1.807) is 0 Å². The van der Waals surface area contributed by atoms with Gasteiger partial charge < -0.3 is 15.2 Å². The first-order valence-electron chi connectivity index (χ1n) is 6.06. The summed E-state index contributed by atoms with van der Waals surface area (Å²) in [6.07, 6.45) is 2.81. The molecule has 1 aliphatic rings. The summed E-state index contributed by atoms with van der Waals surface area (Å²) in [5.74, 6) is -0.420. The highest BCUT2D eigenvalue weighted by atomic mass is 32.1. The summed E-state index contributed by atoms with van der Waals surface area (Å²) < 4.78 is 4.78. The van der Waals surface area contributed by atoms with Gasteiger partial charge in [-0.1, -0.05) is 0 Å². The van der Waals surface area contributed by atoms with E-state index in [4.69, 9.17) is 9.84 Å². The van der Waals surface area contributed by atoms with Crippen LogP contribution in [0.3, 0.4) is 0 Å². The normalized spacial score (nSPS) is 12.9. The van der Waals surface area contributed by atoms with Crippen LogP contribution >= 0.6 is 11.3 Å². The summed E-state index contributed by atoms with van der Waals surface area (Å²) in [6.45, 7) is 0.0443. The quantitative estimate of drug-likeness (QED) is 0.723. The summed E-state index contributed by atoms with van der Waals surface area (Å²) in [5, 5.41) is 14.3. The lowest BCUT2D eigenvalue weighted by molar-refractivity contribution is 0.0601. The van der Waals surface area contributed by atoms with Crippen LogP contribution in [0.2, 0.25) is 0 Å². The van der Waals surface area contributed by atoms with E-state index in [9.17, 15) is 9.59 Å². The maximum absolute atomic E-state index is 11.8. The van der Waals surface area contributed by atoms with Crippen LogP contribution in [-0.4, -0.2) is 37.4 Å². The van der Waals surface area contributed by atoms with Crippen molar-refractivity contribution in [2.45, 2.75) is 19.3 Å². The van der Waals surface area contributed by atoms with Gasteiger partial charge in [-0.3, -0.25) is 5.32 Å². The van der Waals surface area contributed by atoms with Crippen LogP contribution in [0, 0.1) is 0 Å². The number of methoxy groups -OCH3 is 1. The van der Waals surface area contributed by atoms with Crippen molar-refractivity contribution < 1.29 is 19.4 Å². The third-order valence-corrected chi connectivity index (χ3v) is 4.14. The summed E-state index contributed by atoms with van der Waals surface area (Å²) in [4.78, 5) is 24.5. The van der Waals surface area contributed by atoms with Crippen molar-refractivity contribution in [1.82, 2.24) is 5.32 Å². The number of aryl methyl sites for hydroxylation is 1. The van der Waals surface area contributed by atoms with Crippen molar-refractivity contribution in [1.29, 1.82) is 0 Å². The second kappa shape index (κ2) is 6.03. The number of fused-ring (bicyclic) bond motifs is 1. The lowest BCUT2D eigenvalue weighted by atomic mass is 10.1. The zero-order valence-corrected chi connectivity index (χ0v) is 11.4. The number of carbonyl (C=O) groups excluding carboxylic acids is 2.